The number of anilines is 1. The first-order valence-corrected chi connectivity index (χ1v) is 13.0. The van der Waals surface area contributed by atoms with Crippen LogP contribution in [0.5, 0.6) is 5.75 Å². The zero-order valence-corrected chi connectivity index (χ0v) is 19.7. The molecular formula is C23H28ClN3O4S. The number of sulfonamides is 1. The lowest BCUT2D eigenvalue weighted by molar-refractivity contribution is 0.0620. The first kappa shape index (κ1) is 22.9. The molecule has 2 aromatic rings. The van der Waals surface area contributed by atoms with E-state index in [1.807, 2.05) is 23.1 Å². The molecule has 0 unspecified atom stereocenters. The number of amides is 1. The maximum Gasteiger partial charge on any atom is 0.253 e. The van der Waals surface area contributed by atoms with Crippen molar-refractivity contribution in [2.45, 2.75) is 12.8 Å². The molecule has 2 aliphatic rings. The van der Waals surface area contributed by atoms with Crippen LogP contribution in [0.4, 0.5) is 5.69 Å². The average Bonchev–Trinajstić information content (AvgIpc) is 2.79. The van der Waals surface area contributed by atoms with Crippen molar-refractivity contribution >= 4 is 33.2 Å². The largest absolute Gasteiger partial charge is 0.492 e. The standard InChI is InChI=1S/C23H28ClN3O4S/c1-32(29,30)27-10-2-3-18-17-19(4-9-22(18)27)23(28)26-13-11-25(12-14-26)15-16-31-21-7-5-20(24)6-8-21/h4-9,17H,2-3,10-16H2,1H3. The van der Waals surface area contributed by atoms with Gasteiger partial charge >= 0.3 is 0 Å². The number of fused-ring (bicyclic) bond motifs is 1. The fourth-order valence-corrected chi connectivity index (χ4v) is 5.34. The highest BCUT2D eigenvalue weighted by molar-refractivity contribution is 7.92. The number of carbonyl (C=O) groups excluding carboxylic acids is 1. The molecule has 4 rings (SSSR count). The minimum atomic E-state index is -3.31. The van der Waals surface area contributed by atoms with Gasteiger partial charge in [0.25, 0.3) is 5.91 Å². The van der Waals surface area contributed by atoms with Gasteiger partial charge in [-0.05, 0) is 60.9 Å². The number of piperazine rings is 1. The molecule has 0 saturated carbocycles. The van der Waals surface area contributed by atoms with Gasteiger partial charge in [0.1, 0.15) is 12.4 Å². The Hall–Kier alpha value is -2.29. The van der Waals surface area contributed by atoms with E-state index < -0.39 is 10.0 Å². The van der Waals surface area contributed by atoms with Crippen molar-refractivity contribution in [3.05, 3.63) is 58.6 Å². The Morgan fingerprint density at radius 3 is 2.44 bits per heavy atom. The van der Waals surface area contributed by atoms with Gasteiger partial charge < -0.3 is 9.64 Å². The lowest BCUT2D eigenvalue weighted by Crippen LogP contribution is -2.49. The van der Waals surface area contributed by atoms with Gasteiger partial charge in [-0.15, -0.1) is 0 Å². The minimum Gasteiger partial charge on any atom is -0.492 e. The van der Waals surface area contributed by atoms with Gasteiger partial charge in [0.2, 0.25) is 10.0 Å². The lowest BCUT2D eigenvalue weighted by atomic mass is 10.00. The number of hydrogen-bond donors (Lipinski definition) is 0. The number of nitrogens with zero attached hydrogens (tertiary/aromatic N) is 3. The van der Waals surface area contributed by atoms with Crippen molar-refractivity contribution in [3.8, 4) is 5.75 Å². The zero-order valence-electron chi connectivity index (χ0n) is 18.2. The van der Waals surface area contributed by atoms with E-state index in [-0.39, 0.29) is 5.91 Å². The molecular weight excluding hydrogens is 450 g/mol. The molecule has 172 valence electrons. The summed E-state index contributed by atoms with van der Waals surface area (Å²) >= 11 is 5.89. The Balaban J connectivity index is 1.30. The monoisotopic (exact) mass is 477 g/mol. The predicted molar refractivity (Wildman–Crippen MR) is 126 cm³/mol. The van der Waals surface area contributed by atoms with Gasteiger partial charge in [-0.3, -0.25) is 14.0 Å². The van der Waals surface area contributed by atoms with Crippen molar-refractivity contribution in [3.63, 3.8) is 0 Å². The van der Waals surface area contributed by atoms with E-state index in [9.17, 15) is 13.2 Å². The first-order valence-electron chi connectivity index (χ1n) is 10.8. The summed E-state index contributed by atoms with van der Waals surface area (Å²) in [4.78, 5) is 17.2. The van der Waals surface area contributed by atoms with Crippen LogP contribution < -0.4 is 9.04 Å². The molecule has 0 aromatic heterocycles. The molecule has 2 heterocycles. The molecule has 1 fully saturated rings. The number of carbonyl (C=O) groups is 1. The van der Waals surface area contributed by atoms with Crippen LogP contribution in [0, 0.1) is 0 Å². The van der Waals surface area contributed by atoms with Gasteiger partial charge in [0.15, 0.2) is 0 Å². The second kappa shape index (κ2) is 9.68. The predicted octanol–water partition coefficient (Wildman–Crippen LogP) is 2.89. The molecule has 0 aliphatic carbocycles. The van der Waals surface area contributed by atoms with Crippen LogP contribution in [-0.4, -0.2) is 76.3 Å². The van der Waals surface area contributed by atoms with Gasteiger partial charge in [0, 0.05) is 49.9 Å². The molecule has 0 radical (unpaired) electrons. The topological polar surface area (TPSA) is 70.2 Å². The summed E-state index contributed by atoms with van der Waals surface area (Å²) in [5.74, 6) is 0.798. The summed E-state index contributed by atoms with van der Waals surface area (Å²) in [5.41, 5.74) is 2.24. The number of rotatable bonds is 6. The fourth-order valence-electron chi connectivity index (χ4n) is 4.22. The Morgan fingerprint density at radius 2 is 1.75 bits per heavy atom. The quantitative estimate of drug-likeness (QED) is 0.639. The highest BCUT2D eigenvalue weighted by Gasteiger charge is 2.27. The van der Waals surface area contributed by atoms with Crippen LogP contribution in [0.1, 0.15) is 22.3 Å². The summed E-state index contributed by atoms with van der Waals surface area (Å²) in [5, 5.41) is 0.685. The minimum absolute atomic E-state index is 0.00124. The molecule has 2 aromatic carbocycles. The lowest BCUT2D eigenvalue weighted by Gasteiger charge is -2.35. The normalized spacial score (nSPS) is 17.2. The van der Waals surface area contributed by atoms with Crippen molar-refractivity contribution in [2.24, 2.45) is 0 Å². The summed E-state index contributed by atoms with van der Waals surface area (Å²) in [6.07, 6.45) is 2.76. The highest BCUT2D eigenvalue weighted by Crippen LogP contribution is 2.30. The van der Waals surface area contributed by atoms with E-state index in [0.29, 0.717) is 42.5 Å². The van der Waals surface area contributed by atoms with Gasteiger partial charge in [-0.2, -0.15) is 0 Å². The van der Waals surface area contributed by atoms with Crippen LogP contribution >= 0.6 is 11.6 Å². The molecule has 9 heteroatoms. The zero-order chi connectivity index (χ0) is 22.7. The number of hydrogen-bond acceptors (Lipinski definition) is 5. The Labute approximate surface area is 194 Å². The molecule has 0 atom stereocenters. The van der Waals surface area contributed by atoms with E-state index in [1.54, 1.807) is 24.3 Å². The van der Waals surface area contributed by atoms with Crippen molar-refractivity contribution < 1.29 is 17.9 Å². The maximum absolute atomic E-state index is 13.0. The third-order valence-corrected chi connectivity index (χ3v) is 7.38. The van der Waals surface area contributed by atoms with Crippen LogP contribution in [0.25, 0.3) is 0 Å². The van der Waals surface area contributed by atoms with Crippen LogP contribution in [0.2, 0.25) is 5.02 Å². The SMILES string of the molecule is CS(=O)(=O)N1CCCc2cc(C(=O)N3CCN(CCOc4ccc(Cl)cc4)CC3)ccc21. The van der Waals surface area contributed by atoms with Crippen LogP contribution in [0.15, 0.2) is 42.5 Å². The molecule has 0 spiro atoms. The van der Waals surface area contributed by atoms with E-state index in [2.05, 4.69) is 4.90 Å². The van der Waals surface area contributed by atoms with Crippen molar-refractivity contribution in [1.82, 2.24) is 9.80 Å². The summed E-state index contributed by atoms with van der Waals surface area (Å²) in [6, 6.07) is 12.7. The third-order valence-electron chi connectivity index (χ3n) is 5.95. The Kier molecular flexibility index (Phi) is 6.93. The van der Waals surface area contributed by atoms with E-state index in [1.165, 1.54) is 10.6 Å². The molecule has 0 bridgehead atoms. The molecule has 1 saturated heterocycles. The number of benzene rings is 2. The number of ether oxygens (including phenoxy) is 1. The van der Waals surface area contributed by atoms with E-state index in [0.717, 1.165) is 43.8 Å². The first-order chi connectivity index (χ1) is 15.3. The van der Waals surface area contributed by atoms with E-state index in [4.69, 9.17) is 16.3 Å². The summed E-state index contributed by atoms with van der Waals surface area (Å²) in [6.45, 7) is 4.77. The number of halogens is 1. The number of aryl methyl sites for hydroxylation is 1. The second-order valence-electron chi connectivity index (χ2n) is 8.22. The van der Waals surface area contributed by atoms with Crippen molar-refractivity contribution in [1.29, 1.82) is 0 Å². The third kappa shape index (κ3) is 5.36. The molecule has 32 heavy (non-hydrogen) atoms. The molecule has 2 aliphatic heterocycles. The summed E-state index contributed by atoms with van der Waals surface area (Å²) in [7, 11) is -3.31. The highest BCUT2D eigenvalue weighted by atomic mass is 35.5. The average molecular weight is 478 g/mol. The smallest absolute Gasteiger partial charge is 0.253 e. The molecule has 1 amide bonds. The van der Waals surface area contributed by atoms with Gasteiger partial charge in [-0.1, -0.05) is 11.6 Å². The van der Waals surface area contributed by atoms with Gasteiger partial charge in [0.05, 0.1) is 11.9 Å². The fraction of sp³-hybridized carbons (Fsp3) is 0.435. The molecule has 7 nitrogen and oxygen atoms in total. The maximum atomic E-state index is 13.0. The van der Waals surface area contributed by atoms with Crippen LogP contribution in [-0.2, 0) is 16.4 Å². The Morgan fingerprint density at radius 1 is 1.03 bits per heavy atom. The second-order valence-corrected chi connectivity index (χ2v) is 10.6. The Bertz CT molecular complexity index is 1070. The van der Waals surface area contributed by atoms with Crippen molar-refractivity contribution in [2.75, 3.05) is 56.4 Å². The van der Waals surface area contributed by atoms with E-state index >= 15 is 0 Å². The molecule has 0 N–H and O–H groups in total. The van der Waals surface area contributed by atoms with Crippen LogP contribution in [0.3, 0.4) is 0 Å². The van der Waals surface area contributed by atoms with Gasteiger partial charge in [-0.25, -0.2) is 8.42 Å². The summed E-state index contributed by atoms with van der Waals surface area (Å²) < 4.78 is 31.3.